The van der Waals surface area contributed by atoms with Gasteiger partial charge in [-0.25, -0.2) is 4.98 Å². The van der Waals surface area contributed by atoms with Gasteiger partial charge in [0.2, 0.25) is 0 Å². The molecule has 5 heteroatoms. The summed E-state index contributed by atoms with van der Waals surface area (Å²) in [5, 5.41) is 0. The van der Waals surface area contributed by atoms with Gasteiger partial charge in [0.1, 0.15) is 0 Å². The standard InChI is InChI=1S/C17H13N3O2/c21-16-7-8-20(15-4-2-1-3-12(15)16)17(22)11-5-6-13-14(9-11)19-10-18-13/h1-6,9-10H,7-8H2,(H,18,19). The van der Waals surface area contributed by atoms with E-state index in [2.05, 4.69) is 9.97 Å². The summed E-state index contributed by atoms with van der Waals surface area (Å²) in [6.07, 6.45) is 1.96. The largest absolute Gasteiger partial charge is 0.345 e. The molecule has 2 aromatic carbocycles. The van der Waals surface area contributed by atoms with Crippen molar-refractivity contribution in [2.24, 2.45) is 0 Å². The van der Waals surface area contributed by atoms with Gasteiger partial charge < -0.3 is 9.88 Å². The number of fused-ring (bicyclic) bond motifs is 2. The Morgan fingerprint density at radius 3 is 2.95 bits per heavy atom. The van der Waals surface area contributed by atoms with Crippen molar-refractivity contribution in [3.05, 3.63) is 59.9 Å². The van der Waals surface area contributed by atoms with E-state index in [1.165, 1.54) is 0 Å². The zero-order valence-electron chi connectivity index (χ0n) is 11.7. The summed E-state index contributed by atoms with van der Waals surface area (Å²) in [7, 11) is 0. The molecular formula is C17H13N3O2. The van der Waals surface area contributed by atoms with Crippen LogP contribution in [0.4, 0.5) is 5.69 Å². The number of benzene rings is 2. The number of rotatable bonds is 1. The number of hydrogen-bond acceptors (Lipinski definition) is 3. The number of Topliss-reactive ketones (excluding diaryl/α,β-unsaturated/α-hetero) is 1. The third kappa shape index (κ3) is 1.90. The number of carbonyl (C=O) groups excluding carboxylic acids is 2. The molecule has 0 aliphatic carbocycles. The second kappa shape index (κ2) is 4.80. The van der Waals surface area contributed by atoms with E-state index in [0.717, 1.165) is 11.0 Å². The maximum atomic E-state index is 12.8. The van der Waals surface area contributed by atoms with E-state index in [-0.39, 0.29) is 11.7 Å². The normalized spacial score (nSPS) is 14.2. The Balaban J connectivity index is 1.76. The summed E-state index contributed by atoms with van der Waals surface area (Å²) >= 11 is 0. The SMILES string of the molecule is O=C1CCN(C(=O)c2ccc3nc[nH]c3c2)c2ccccc21. The summed E-state index contributed by atoms with van der Waals surface area (Å²) < 4.78 is 0. The summed E-state index contributed by atoms with van der Waals surface area (Å²) in [5.74, 6) is -0.0138. The highest BCUT2D eigenvalue weighted by atomic mass is 16.2. The molecule has 3 aromatic rings. The van der Waals surface area contributed by atoms with Gasteiger partial charge >= 0.3 is 0 Å². The molecule has 1 aromatic heterocycles. The average Bonchev–Trinajstić information content (AvgIpc) is 3.02. The Labute approximate surface area is 126 Å². The first kappa shape index (κ1) is 12.8. The highest BCUT2D eigenvalue weighted by Gasteiger charge is 2.27. The van der Waals surface area contributed by atoms with Gasteiger partial charge in [-0.2, -0.15) is 0 Å². The van der Waals surface area contributed by atoms with Crippen molar-refractivity contribution in [3.8, 4) is 0 Å². The fourth-order valence-electron chi connectivity index (χ4n) is 2.85. The van der Waals surface area contributed by atoms with Crippen LogP contribution in [0.3, 0.4) is 0 Å². The molecule has 22 heavy (non-hydrogen) atoms. The Kier molecular flexibility index (Phi) is 2.79. The van der Waals surface area contributed by atoms with Crippen molar-refractivity contribution in [1.29, 1.82) is 0 Å². The third-order valence-electron chi connectivity index (χ3n) is 3.97. The van der Waals surface area contributed by atoms with Crippen molar-refractivity contribution >= 4 is 28.4 Å². The molecule has 0 unspecified atom stereocenters. The van der Waals surface area contributed by atoms with Crippen molar-refractivity contribution in [2.45, 2.75) is 6.42 Å². The maximum Gasteiger partial charge on any atom is 0.258 e. The third-order valence-corrected chi connectivity index (χ3v) is 3.97. The topological polar surface area (TPSA) is 66.1 Å². The predicted molar refractivity (Wildman–Crippen MR) is 83.2 cm³/mol. The van der Waals surface area contributed by atoms with E-state index in [1.54, 1.807) is 29.4 Å². The Bertz CT molecular complexity index is 898. The van der Waals surface area contributed by atoms with Gasteiger partial charge in [0.15, 0.2) is 5.78 Å². The lowest BCUT2D eigenvalue weighted by Crippen LogP contribution is -2.37. The van der Waals surface area contributed by atoms with E-state index in [0.29, 0.717) is 29.8 Å². The minimum atomic E-state index is -0.101. The van der Waals surface area contributed by atoms with Crippen LogP contribution in [-0.2, 0) is 0 Å². The number of aromatic nitrogens is 2. The second-order valence-electron chi connectivity index (χ2n) is 5.28. The number of para-hydroxylation sites is 1. The van der Waals surface area contributed by atoms with Crippen molar-refractivity contribution in [3.63, 3.8) is 0 Å². The summed E-state index contributed by atoms with van der Waals surface area (Å²) in [5.41, 5.74) is 3.54. The van der Waals surface area contributed by atoms with Crippen molar-refractivity contribution in [1.82, 2.24) is 9.97 Å². The van der Waals surface area contributed by atoms with Crippen LogP contribution in [0.15, 0.2) is 48.8 Å². The van der Waals surface area contributed by atoms with Crippen LogP contribution in [0.1, 0.15) is 27.1 Å². The van der Waals surface area contributed by atoms with Crippen LogP contribution < -0.4 is 4.90 Å². The molecule has 0 fully saturated rings. The molecular weight excluding hydrogens is 278 g/mol. The van der Waals surface area contributed by atoms with Crippen LogP contribution in [0.5, 0.6) is 0 Å². The van der Waals surface area contributed by atoms with Crippen LogP contribution >= 0.6 is 0 Å². The van der Waals surface area contributed by atoms with Crippen molar-refractivity contribution < 1.29 is 9.59 Å². The number of imidazole rings is 1. The summed E-state index contributed by atoms with van der Waals surface area (Å²) in [6.45, 7) is 0.412. The molecule has 0 saturated heterocycles. The Hall–Kier alpha value is -2.95. The highest BCUT2D eigenvalue weighted by Crippen LogP contribution is 2.28. The fraction of sp³-hybridized carbons (Fsp3) is 0.118. The van der Waals surface area contributed by atoms with Gasteiger partial charge in [-0.15, -0.1) is 0 Å². The molecule has 108 valence electrons. The molecule has 1 amide bonds. The quantitative estimate of drug-likeness (QED) is 0.749. The lowest BCUT2D eigenvalue weighted by atomic mass is 9.99. The number of ketones is 1. The van der Waals surface area contributed by atoms with Crippen LogP contribution in [0.2, 0.25) is 0 Å². The number of anilines is 1. The Morgan fingerprint density at radius 1 is 1.18 bits per heavy atom. The van der Waals surface area contributed by atoms with Gasteiger partial charge in [0, 0.05) is 24.1 Å². The smallest absolute Gasteiger partial charge is 0.258 e. The van der Waals surface area contributed by atoms with Gasteiger partial charge in [-0.3, -0.25) is 9.59 Å². The minimum absolute atomic E-state index is 0.0867. The molecule has 1 aliphatic rings. The zero-order chi connectivity index (χ0) is 15.1. The molecule has 1 aliphatic heterocycles. The molecule has 5 nitrogen and oxygen atoms in total. The van der Waals surface area contributed by atoms with Gasteiger partial charge in [0.05, 0.1) is 23.0 Å². The van der Waals surface area contributed by atoms with E-state index in [1.807, 2.05) is 24.3 Å². The molecule has 0 spiro atoms. The number of nitrogens with zero attached hydrogens (tertiary/aromatic N) is 2. The van der Waals surface area contributed by atoms with E-state index < -0.39 is 0 Å². The zero-order valence-corrected chi connectivity index (χ0v) is 11.7. The lowest BCUT2D eigenvalue weighted by Gasteiger charge is -2.28. The number of aromatic amines is 1. The first-order chi connectivity index (χ1) is 10.7. The van der Waals surface area contributed by atoms with Crippen LogP contribution in [0, 0.1) is 0 Å². The minimum Gasteiger partial charge on any atom is -0.345 e. The first-order valence-electron chi connectivity index (χ1n) is 7.11. The first-order valence-corrected chi connectivity index (χ1v) is 7.11. The van der Waals surface area contributed by atoms with Gasteiger partial charge in [0.25, 0.3) is 5.91 Å². The summed E-state index contributed by atoms with van der Waals surface area (Å²) in [4.78, 5) is 33.6. The molecule has 2 heterocycles. The molecule has 4 rings (SSSR count). The number of H-pyrrole nitrogens is 1. The predicted octanol–water partition coefficient (Wildman–Crippen LogP) is 2.80. The molecule has 0 bridgehead atoms. The van der Waals surface area contributed by atoms with Gasteiger partial charge in [-0.05, 0) is 30.3 Å². The number of nitrogens with one attached hydrogen (secondary N) is 1. The number of carbonyl (C=O) groups is 2. The maximum absolute atomic E-state index is 12.8. The highest BCUT2D eigenvalue weighted by molar-refractivity contribution is 6.13. The number of hydrogen-bond donors (Lipinski definition) is 1. The molecule has 0 saturated carbocycles. The second-order valence-corrected chi connectivity index (χ2v) is 5.28. The Morgan fingerprint density at radius 2 is 2.05 bits per heavy atom. The molecule has 0 radical (unpaired) electrons. The molecule has 1 N–H and O–H groups in total. The van der Waals surface area contributed by atoms with Crippen LogP contribution in [0.25, 0.3) is 11.0 Å². The average molecular weight is 291 g/mol. The number of amides is 1. The van der Waals surface area contributed by atoms with E-state index in [4.69, 9.17) is 0 Å². The van der Waals surface area contributed by atoms with Crippen molar-refractivity contribution in [2.75, 3.05) is 11.4 Å². The van der Waals surface area contributed by atoms with Crippen LogP contribution in [-0.4, -0.2) is 28.2 Å². The monoisotopic (exact) mass is 291 g/mol. The summed E-state index contributed by atoms with van der Waals surface area (Å²) in [6, 6.07) is 12.6. The van der Waals surface area contributed by atoms with E-state index >= 15 is 0 Å². The van der Waals surface area contributed by atoms with Gasteiger partial charge in [-0.1, -0.05) is 12.1 Å². The molecule has 0 atom stereocenters. The fourth-order valence-corrected chi connectivity index (χ4v) is 2.85. The van der Waals surface area contributed by atoms with E-state index in [9.17, 15) is 9.59 Å². The lowest BCUT2D eigenvalue weighted by molar-refractivity contribution is 0.0955.